The molecule has 0 unspecified atom stereocenters. The zero-order chi connectivity index (χ0) is 7.56. The minimum atomic E-state index is -0.652. The summed E-state index contributed by atoms with van der Waals surface area (Å²) in [5, 5.41) is 0. The molecular formula is C7H5BrNO. The SMILES string of the molecule is [NH]C(=O)c1cccc(Br)c1. The van der Waals surface area contributed by atoms with Gasteiger partial charge in [-0.25, -0.2) is 0 Å². The largest absolute Gasteiger partial charge is 0.269 e. The van der Waals surface area contributed by atoms with Gasteiger partial charge in [-0.3, -0.25) is 10.5 Å². The fourth-order valence-electron chi connectivity index (χ4n) is 0.630. The number of amides is 1. The van der Waals surface area contributed by atoms with Crippen molar-refractivity contribution in [2.24, 2.45) is 0 Å². The van der Waals surface area contributed by atoms with Gasteiger partial charge >= 0.3 is 0 Å². The Labute approximate surface area is 67.2 Å². The van der Waals surface area contributed by atoms with Crippen molar-refractivity contribution in [3.8, 4) is 0 Å². The Morgan fingerprint density at radius 1 is 1.50 bits per heavy atom. The van der Waals surface area contributed by atoms with E-state index < -0.39 is 5.91 Å². The van der Waals surface area contributed by atoms with E-state index in [1.807, 2.05) is 6.07 Å². The molecule has 1 aromatic rings. The van der Waals surface area contributed by atoms with Crippen LogP contribution in [0.4, 0.5) is 0 Å². The Hall–Kier alpha value is -0.830. The molecule has 0 bridgehead atoms. The van der Waals surface area contributed by atoms with Crippen LogP contribution >= 0.6 is 15.9 Å². The number of hydrogen-bond acceptors (Lipinski definition) is 1. The smallest absolute Gasteiger partial charge is 0.267 e. The lowest BCUT2D eigenvalue weighted by atomic mass is 10.2. The Bertz CT molecular complexity index is 260. The maximum absolute atomic E-state index is 10.4. The van der Waals surface area contributed by atoms with Crippen LogP contribution in [0.3, 0.4) is 0 Å². The first-order chi connectivity index (χ1) is 4.70. The van der Waals surface area contributed by atoms with Gasteiger partial charge in [0.05, 0.1) is 0 Å². The van der Waals surface area contributed by atoms with Crippen molar-refractivity contribution in [1.29, 1.82) is 0 Å². The fraction of sp³-hybridized carbons (Fsp3) is 0. The third-order valence-corrected chi connectivity index (χ3v) is 1.58. The zero-order valence-corrected chi connectivity index (χ0v) is 6.68. The Morgan fingerprint density at radius 3 is 2.60 bits per heavy atom. The Kier molecular flexibility index (Phi) is 2.06. The monoisotopic (exact) mass is 198 g/mol. The highest BCUT2D eigenvalue weighted by atomic mass is 79.9. The molecule has 0 spiro atoms. The molecule has 1 radical (unpaired) electrons. The average molecular weight is 199 g/mol. The molecule has 2 nitrogen and oxygen atoms in total. The van der Waals surface area contributed by atoms with Gasteiger partial charge in [0, 0.05) is 10.0 Å². The molecule has 0 saturated carbocycles. The summed E-state index contributed by atoms with van der Waals surface area (Å²) in [4.78, 5) is 10.4. The zero-order valence-electron chi connectivity index (χ0n) is 5.10. The molecule has 10 heavy (non-hydrogen) atoms. The molecule has 0 saturated heterocycles. The summed E-state index contributed by atoms with van der Waals surface area (Å²) in [5.41, 5.74) is 7.17. The molecule has 0 heterocycles. The van der Waals surface area contributed by atoms with E-state index in [0.29, 0.717) is 5.56 Å². The van der Waals surface area contributed by atoms with Crippen LogP contribution in [0.15, 0.2) is 28.7 Å². The summed E-state index contributed by atoms with van der Waals surface area (Å²) in [6, 6.07) is 6.77. The predicted octanol–water partition coefficient (Wildman–Crippen LogP) is 1.87. The molecular weight excluding hydrogens is 194 g/mol. The van der Waals surface area contributed by atoms with Gasteiger partial charge in [0.15, 0.2) is 0 Å². The number of benzene rings is 1. The summed E-state index contributed by atoms with van der Waals surface area (Å²) in [7, 11) is 0. The molecule has 0 aliphatic carbocycles. The molecule has 0 aromatic heterocycles. The van der Waals surface area contributed by atoms with Crippen molar-refractivity contribution in [1.82, 2.24) is 5.73 Å². The molecule has 0 fully saturated rings. The topological polar surface area (TPSA) is 40.9 Å². The van der Waals surface area contributed by atoms with Gasteiger partial charge in [-0.2, -0.15) is 0 Å². The predicted molar refractivity (Wildman–Crippen MR) is 41.6 cm³/mol. The number of carbonyl (C=O) groups excluding carboxylic acids is 1. The molecule has 1 N–H and O–H groups in total. The highest BCUT2D eigenvalue weighted by molar-refractivity contribution is 9.10. The maximum Gasteiger partial charge on any atom is 0.269 e. The lowest BCUT2D eigenvalue weighted by molar-refractivity contribution is 0.0992. The van der Waals surface area contributed by atoms with Gasteiger partial charge in [0.2, 0.25) is 0 Å². The number of hydrogen-bond donors (Lipinski definition) is 0. The Balaban J connectivity index is 3.07. The summed E-state index contributed by atoms with van der Waals surface area (Å²) >= 11 is 3.19. The third kappa shape index (κ3) is 1.57. The van der Waals surface area contributed by atoms with E-state index in [1.54, 1.807) is 18.2 Å². The van der Waals surface area contributed by atoms with Crippen LogP contribution in [0.1, 0.15) is 10.4 Å². The van der Waals surface area contributed by atoms with E-state index in [4.69, 9.17) is 5.73 Å². The van der Waals surface area contributed by atoms with Crippen molar-refractivity contribution in [3.63, 3.8) is 0 Å². The maximum atomic E-state index is 10.4. The van der Waals surface area contributed by atoms with Gasteiger partial charge in [0.25, 0.3) is 5.91 Å². The highest BCUT2D eigenvalue weighted by Gasteiger charge is 1.98. The molecule has 1 aromatic carbocycles. The molecule has 3 heteroatoms. The van der Waals surface area contributed by atoms with Crippen LogP contribution in [0.25, 0.3) is 0 Å². The number of rotatable bonds is 1. The molecule has 1 amide bonds. The quantitative estimate of drug-likeness (QED) is 0.680. The van der Waals surface area contributed by atoms with Crippen molar-refractivity contribution < 1.29 is 4.79 Å². The Morgan fingerprint density at radius 2 is 2.20 bits per heavy atom. The highest BCUT2D eigenvalue weighted by Crippen LogP contribution is 2.10. The summed E-state index contributed by atoms with van der Waals surface area (Å²) < 4.78 is 0.825. The summed E-state index contributed by atoms with van der Waals surface area (Å²) in [6.07, 6.45) is 0. The van der Waals surface area contributed by atoms with Crippen molar-refractivity contribution in [3.05, 3.63) is 34.3 Å². The molecule has 1 rings (SSSR count). The van der Waals surface area contributed by atoms with Crippen molar-refractivity contribution in [2.45, 2.75) is 0 Å². The van der Waals surface area contributed by atoms with Gasteiger partial charge in [-0.15, -0.1) is 0 Å². The molecule has 0 aliphatic rings. The third-order valence-electron chi connectivity index (χ3n) is 1.09. The van der Waals surface area contributed by atoms with Gasteiger partial charge in [-0.05, 0) is 18.2 Å². The van der Waals surface area contributed by atoms with Crippen LogP contribution < -0.4 is 5.73 Å². The molecule has 0 aliphatic heterocycles. The normalized spacial score (nSPS) is 9.30. The number of carbonyl (C=O) groups is 1. The summed E-state index contributed by atoms with van der Waals surface area (Å²) in [6.45, 7) is 0. The molecule has 0 atom stereocenters. The lowest BCUT2D eigenvalue weighted by Gasteiger charge is -1.92. The standard InChI is InChI=1S/C7H5BrNO/c8-6-3-1-2-5(4-6)7(9)10/h1-4,9H. The second-order valence-electron chi connectivity index (χ2n) is 1.84. The van der Waals surface area contributed by atoms with E-state index in [0.717, 1.165) is 4.47 Å². The van der Waals surface area contributed by atoms with Crippen LogP contribution in [-0.4, -0.2) is 5.91 Å². The van der Waals surface area contributed by atoms with E-state index in [2.05, 4.69) is 15.9 Å². The first-order valence-corrected chi connectivity index (χ1v) is 3.51. The first kappa shape index (κ1) is 7.28. The first-order valence-electron chi connectivity index (χ1n) is 2.71. The van der Waals surface area contributed by atoms with Crippen LogP contribution in [-0.2, 0) is 0 Å². The van der Waals surface area contributed by atoms with Gasteiger partial charge in [-0.1, -0.05) is 22.0 Å². The van der Waals surface area contributed by atoms with Crippen molar-refractivity contribution in [2.75, 3.05) is 0 Å². The van der Waals surface area contributed by atoms with Crippen LogP contribution in [0, 0.1) is 0 Å². The van der Waals surface area contributed by atoms with Gasteiger partial charge < -0.3 is 0 Å². The van der Waals surface area contributed by atoms with E-state index in [1.165, 1.54) is 0 Å². The molecule has 51 valence electrons. The minimum Gasteiger partial charge on any atom is -0.267 e. The average Bonchev–Trinajstić information content (AvgIpc) is 1.88. The minimum absolute atomic E-state index is 0.411. The second kappa shape index (κ2) is 2.84. The van der Waals surface area contributed by atoms with Gasteiger partial charge in [0.1, 0.15) is 0 Å². The van der Waals surface area contributed by atoms with Crippen molar-refractivity contribution >= 4 is 21.8 Å². The van der Waals surface area contributed by atoms with Crippen LogP contribution in [0.5, 0.6) is 0 Å². The summed E-state index contributed by atoms with van der Waals surface area (Å²) in [5.74, 6) is -0.652. The second-order valence-corrected chi connectivity index (χ2v) is 2.76. The lowest BCUT2D eigenvalue weighted by Crippen LogP contribution is -1.97. The van der Waals surface area contributed by atoms with E-state index in [-0.39, 0.29) is 0 Å². The number of halogens is 1. The van der Waals surface area contributed by atoms with E-state index in [9.17, 15) is 4.79 Å². The van der Waals surface area contributed by atoms with E-state index >= 15 is 0 Å². The van der Waals surface area contributed by atoms with Crippen LogP contribution in [0.2, 0.25) is 0 Å². The fourth-order valence-corrected chi connectivity index (χ4v) is 1.03. The number of nitrogens with one attached hydrogen (secondary N) is 1.